The number of pyridine rings is 1. The van der Waals surface area contributed by atoms with E-state index in [1.165, 1.54) is 6.20 Å². The lowest BCUT2D eigenvalue weighted by atomic mass is 10.2. The highest BCUT2D eigenvalue weighted by Crippen LogP contribution is 2.30. The van der Waals surface area contributed by atoms with Gasteiger partial charge in [-0.15, -0.1) is 0 Å². The van der Waals surface area contributed by atoms with E-state index in [0.29, 0.717) is 36.1 Å². The number of nitrogens with zero attached hydrogens (tertiary/aromatic N) is 6. The summed E-state index contributed by atoms with van der Waals surface area (Å²) in [6.07, 6.45) is 3.94. The molecule has 1 aliphatic heterocycles. The quantitative estimate of drug-likeness (QED) is 0.816. The van der Waals surface area contributed by atoms with Gasteiger partial charge in [-0.3, -0.25) is 4.79 Å². The number of hydrogen-bond acceptors (Lipinski definition) is 7. The molecule has 1 amide bonds. The van der Waals surface area contributed by atoms with E-state index in [4.69, 9.17) is 9.78 Å². The number of carbonyl (C=O) groups is 1. The second kappa shape index (κ2) is 7.30. The maximum Gasteiger partial charge on any atom is 0.242 e. The predicted octanol–water partition coefficient (Wildman–Crippen LogP) is 1.70. The third kappa shape index (κ3) is 3.60. The fraction of sp³-hybridized carbons (Fsp3) is 0.471. The van der Waals surface area contributed by atoms with Gasteiger partial charge in [0.1, 0.15) is 11.9 Å². The van der Waals surface area contributed by atoms with Gasteiger partial charge >= 0.3 is 0 Å². The van der Waals surface area contributed by atoms with Crippen molar-refractivity contribution in [3.8, 4) is 6.07 Å². The van der Waals surface area contributed by atoms with Gasteiger partial charge < -0.3 is 14.3 Å². The average Bonchev–Trinajstić information content (AvgIpc) is 3.30. The van der Waals surface area contributed by atoms with Crippen molar-refractivity contribution in [3.63, 3.8) is 0 Å². The third-order valence-electron chi connectivity index (χ3n) is 4.30. The Bertz CT molecular complexity index is 779. The van der Waals surface area contributed by atoms with Crippen molar-refractivity contribution >= 4 is 11.7 Å². The molecule has 1 aliphatic rings. The van der Waals surface area contributed by atoms with Crippen LogP contribution in [0.3, 0.4) is 0 Å². The number of nitriles is 1. The second-order valence-corrected chi connectivity index (χ2v) is 6.02. The number of aromatic nitrogens is 3. The van der Waals surface area contributed by atoms with E-state index < -0.39 is 0 Å². The Morgan fingerprint density at radius 3 is 3.00 bits per heavy atom. The maximum absolute atomic E-state index is 12.7. The fourth-order valence-electron chi connectivity index (χ4n) is 2.93. The normalized spacial score (nSPS) is 16.7. The molecule has 0 N–H and O–H groups in total. The van der Waals surface area contributed by atoms with E-state index in [-0.39, 0.29) is 18.5 Å². The molecule has 8 nitrogen and oxygen atoms in total. The smallest absolute Gasteiger partial charge is 0.242 e. The van der Waals surface area contributed by atoms with Crippen molar-refractivity contribution in [3.05, 3.63) is 35.6 Å². The Labute approximate surface area is 146 Å². The van der Waals surface area contributed by atoms with Crippen LogP contribution in [0.25, 0.3) is 0 Å². The molecule has 0 spiro atoms. The Hall–Kier alpha value is -2.95. The van der Waals surface area contributed by atoms with Crippen LogP contribution in [0.4, 0.5) is 5.82 Å². The molecule has 1 fully saturated rings. The van der Waals surface area contributed by atoms with Gasteiger partial charge in [0.05, 0.1) is 18.2 Å². The second-order valence-electron chi connectivity index (χ2n) is 6.02. The van der Waals surface area contributed by atoms with Crippen LogP contribution in [0.5, 0.6) is 0 Å². The van der Waals surface area contributed by atoms with Gasteiger partial charge in [0, 0.05) is 26.2 Å². The van der Waals surface area contributed by atoms with E-state index in [0.717, 1.165) is 12.8 Å². The molecule has 1 atom stereocenters. The summed E-state index contributed by atoms with van der Waals surface area (Å²) >= 11 is 0. The van der Waals surface area contributed by atoms with Crippen molar-refractivity contribution in [1.82, 2.24) is 20.0 Å². The molecule has 2 aromatic rings. The van der Waals surface area contributed by atoms with Crippen LogP contribution in [0.2, 0.25) is 0 Å². The first-order chi connectivity index (χ1) is 12.1. The van der Waals surface area contributed by atoms with Gasteiger partial charge in [0.2, 0.25) is 11.8 Å². The van der Waals surface area contributed by atoms with E-state index in [2.05, 4.69) is 15.1 Å². The minimum absolute atomic E-state index is 0.000918. The maximum atomic E-state index is 12.7. The number of carbonyl (C=O) groups excluding carboxylic acids is 1. The standard InChI is InChI=1S/C17H20N6O2/c1-3-15-20-17(21-25-15)13-5-4-8-23(13)16(24)11-22(2)14-7-6-12(9-18)10-19-14/h6-7,10,13H,3-5,8,11H2,1-2H3/t13-/m0/s1. The first kappa shape index (κ1) is 16.9. The van der Waals surface area contributed by atoms with Gasteiger partial charge in [0.25, 0.3) is 0 Å². The number of anilines is 1. The van der Waals surface area contributed by atoms with Crippen molar-refractivity contribution < 1.29 is 9.32 Å². The molecule has 0 aliphatic carbocycles. The zero-order valence-corrected chi connectivity index (χ0v) is 14.3. The van der Waals surface area contributed by atoms with Crippen molar-refractivity contribution in [2.24, 2.45) is 0 Å². The Morgan fingerprint density at radius 1 is 1.52 bits per heavy atom. The largest absolute Gasteiger partial charge is 0.350 e. The van der Waals surface area contributed by atoms with Crippen LogP contribution in [-0.4, -0.2) is 46.1 Å². The zero-order valence-electron chi connectivity index (χ0n) is 14.3. The lowest BCUT2D eigenvalue weighted by molar-refractivity contribution is -0.130. The number of amides is 1. The molecule has 25 heavy (non-hydrogen) atoms. The number of hydrogen-bond donors (Lipinski definition) is 0. The van der Waals surface area contributed by atoms with Gasteiger partial charge in [-0.05, 0) is 25.0 Å². The first-order valence-electron chi connectivity index (χ1n) is 8.31. The van der Waals surface area contributed by atoms with Gasteiger partial charge in [-0.25, -0.2) is 4.98 Å². The topological polar surface area (TPSA) is 99.2 Å². The van der Waals surface area contributed by atoms with Crippen LogP contribution in [0.15, 0.2) is 22.9 Å². The summed E-state index contributed by atoms with van der Waals surface area (Å²) in [5, 5.41) is 12.9. The molecule has 3 rings (SSSR count). The summed E-state index contributed by atoms with van der Waals surface area (Å²) in [4.78, 5) is 24.9. The molecule has 3 heterocycles. The summed E-state index contributed by atoms with van der Waals surface area (Å²) in [6, 6.07) is 5.33. The number of likely N-dealkylation sites (tertiary alicyclic amines) is 1. The number of rotatable bonds is 5. The van der Waals surface area contributed by atoms with Crippen molar-refractivity contribution in [2.45, 2.75) is 32.2 Å². The lowest BCUT2D eigenvalue weighted by Gasteiger charge is -2.25. The summed E-state index contributed by atoms with van der Waals surface area (Å²) in [5.41, 5.74) is 0.493. The minimum atomic E-state index is -0.126. The van der Waals surface area contributed by atoms with Gasteiger partial charge in [-0.1, -0.05) is 12.1 Å². The van der Waals surface area contributed by atoms with E-state index in [9.17, 15) is 4.79 Å². The highest BCUT2D eigenvalue weighted by atomic mass is 16.5. The fourth-order valence-corrected chi connectivity index (χ4v) is 2.93. The van der Waals surface area contributed by atoms with Crippen molar-refractivity contribution in [1.29, 1.82) is 5.26 Å². The summed E-state index contributed by atoms with van der Waals surface area (Å²) in [5.74, 6) is 1.82. The molecule has 0 unspecified atom stereocenters. The molecule has 0 bridgehead atoms. The molecular formula is C17H20N6O2. The molecule has 8 heteroatoms. The zero-order chi connectivity index (χ0) is 17.8. The number of aryl methyl sites for hydroxylation is 1. The molecular weight excluding hydrogens is 320 g/mol. The summed E-state index contributed by atoms with van der Waals surface area (Å²) in [7, 11) is 1.81. The molecule has 1 saturated heterocycles. The first-order valence-corrected chi connectivity index (χ1v) is 8.31. The van der Waals surface area contributed by atoms with Crippen molar-refractivity contribution in [2.75, 3.05) is 25.0 Å². The molecule has 0 radical (unpaired) electrons. The minimum Gasteiger partial charge on any atom is -0.350 e. The highest BCUT2D eigenvalue weighted by Gasteiger charge is 2.33. The molecule has 0 saturated carbocycles. The summed E-state index contributed by atoms with van der Waals surface area (Å²) in [6.45, 7) is 2.84. The van der Waals surface area contributed by atoms with E-state index in [1.807, 2.05) is 17.9 Å². The Kier molecular flexibility index (Phi) is 4.93. The van der Waals surface area contributed by atoms with E-state index >= 15 is 0 Å². The predicted molar refractivity (Wildman–Crippen MR) is 89.6 cm³/mol. The highest BCUT2D eigenvalue weighted by molar-refractivity contribution is 5.81. The SMILES string of the molecule is CCc1nc([C@@H]2CCCN2C(=O)CN(C)c2ccc(C#N)cn2)no1. The van der Waals surface area contributed by atoms with Crippen LogP contribution >= 0.6 is 0 Å². The lowest BCUT2D eigenvalue weighted by Crippen LogP contribution is -2.39. The van der Waals surface area contributed by atoms with Crippen LogP contribution in [-0.2, 0) is 11.2 Å². The van der Waals surface area contributed by atoms with E-state index in [1.54, 1.807) is 24.1 Å². The number of likely N-dealkylation sites (N-methyl/N-ethyl adjacent to an activating group) is 1. The van der Waals surface area contributed by atoms with Gasteiger partial charge in [-0.2, -0.15) is 10.2 Å². The van der Waals surface area contributed by atoms with Crippen LogP contribution in [0.1, 0.15) is 43.1 Å². The van der Waals surface area contributed by atoms with Crippen LogP contribution < -0.4 is 4.90 Å². The Morgan fingerprint density at radius 2 is 2.36 bits per heavy atom. The molecule has 0 aromatic carbocycles. The monoisotopic (exact) mass is 340 g/mol. The average molecular weight is 340 g/mol. The molecule has 2 aromatic heterocycles. The van der Waals surface area contributed by atoms with Gasteiger partial charge in [0.15, 0.2) is 5.82 Å². The Balaban J connectivity index is 1.67. The molecule has 130 valence electrons. The third-order valence-corrected chi connectivity index (χ3v) is 4.30. The summed E-state index contributed by atoms with van der Waals surface area (Å²) < 4.78 is 5.18. The van der Waals surface area contributed by atoms with Crippen LogP contribution in [0, 0.1) is 11.3 Å².